The number of alkyl halides is 1. The van der Waals surface area contributed by atoms with Crippen LogP contribution in [0.1, 0.15) is 18.5 Å². The highest BCUT2D eigenvalue weighted by atomic mass is 19.1. The Labute approximate surface area is 168 Å². The predicted molar refractivity (Wildman–Crippen MR) is 111 cm³/mol. The van der Waals surface area contributed by atoms with Crippen molar-refractivity contribution in [3.05, 3.63) is 60.8 Å². The number of fused-ring (bicyclic) bond motifs is 1. The van der Waals surface area contributed by atoms with E-state index < -0.39 is 6.17 Å². The smallest absolute Gasteiger partial charge is 0.147 e. The third kappa shape index (κ3) is 3.33. The Hall–Kier alpha value is -3.35. The van der Waals surface area contributed by atoms with Gasteiger partial charge in [-0.3, -0.25) is 14.5 Å². The van der Waals surface area contributed by atoms with Crippen molar-refractivity contribution in [2.75, 3.05) is 18.0 Å². The number of rotatable bonds is 3. The number of imidazole rings is 1. The van der Waals surface area contributed by atoms with Gasteiger partial charge >= 0.3 is 0 Å². The second-order valence-electron chi connectivity index (χ2n) is 7.36. The Kier molecular flexibility index (Phi) is 4.42. The molecule has 0 bridgehead atoms. The molecule has 0 aliphatic carbocycles. The summed E-state index contributed by atoms with van der Waals surface area (Å²) in [5.41, 5.74) is 4.58. The van der Waals surface area contributed by atoms with E-state index >= 15 is 0 Å². The van der Waals surface area contributed by atoms with Gasteiger partial charge in [-0.2, -0.15) is 0 Å². The molecule has 5 rings (SSSR count). The normalized spacial score (nSPS) is 15.2. The number of hydrogen-bond acceptors (Lipinski definition) is 5. The molecule has 0 spiro atoms. The molecule has 0 saturated carbocycles. The van der Waals surface area contributed by atoms with E-state index in [2.05, 4.69) is 24.4 Å². The summed E-state index contributed by atoms with van der Waals surface area (Å²) in [6, 6.07) is 9.93. The first kappa shape index (κ1) is 17.7. The maximum atomic E-state index is 13.4. The number of aryl methyl sites for hydroxylation is 1. The first-order valence-corrected chi connectivity index (χ1v) is 9.80. The number of pyridine rings is 3. The number of nitrogens with zero attached hydrogens (tertiary/aromatic N) is 6. The maximum Gasteiger partial charge on any atom is 0.147 e. The zero-order valence-corrected chi connectivity index (χ0v) is 16.2. The van der Waals surface area contributed by atoms with E-state index in [0.29, 0.717) is 25.9 Å². The summed E-state index contributed by atoms with van der Waals surface area (Å²) in [6.45, 7) is 3.37. The highest BCUT2D eigenvalue weighted by Crippen LogP contribution is 2.29. The largest absolute Gasteiger partial charge is 0.356 e. The van der Waals surface area contributed by atoms with Crippen molar-refractivity contribution in [3.8, 4) is 17.1 Å². The van der Waals surface area contributed by atoms with E-state index in [1.165, 1.54) is 0 Å². The molecule has 0 amide bonds. The quantitative estimate of drug-likeness (QED) is 0.528. The average molecular weight is 388 g/mol. The number of aromatic nitrogens is 5. The van der Waals surface area contributed by atoms with Gasteiger partial charge in [-0.05, 0) is 50.1 Å². The standard InChI is InChI=1S/C22H21FN6/c1-15-2-4-18(13-25-15)29-20-14-24-9-6-19(20)27-22(29)16-3-5-21(26-12-16)28-10-7-17(23)8-11-28/h2-6,9,12-14,17H,7-8,10-11H2,1H3. The van der Waals surface area contributed by atoms with E-state index in [9.17, 15) is 4.39 Å². The molecule has 0 radical (unpaired) electrons. The van der Waals surface area contributed by atoms with Crippen LogP contribution >= 0.6 is 0 Å². The lowest BCUT2D eigenvalue weighted by Gasteiger charge is -2.29. The van der Waals surface area contributed by atoms with Crippen LogP contribution in [-0.4, -0.2) is 43.8 Å². The van der Waals surface area contributed by atoms with E-state index in [1.54, 1.807) is 6.20 Å². The number of hydrogen-bond donors (Lipinski definition) is 0. The third-order valence-electron chi connectivity index (χ3n) is 5.37. The topological polar surface area (TPSA) is 59.7 Å². The Morgan fingerprint density at radius 3 is 2.55 bits per heavy atom. The molecule has 1 aliphatic rings. The first-order valence-electron chi connectivity index (χ1n) is 9.80. The van der Waals surface area contributed by atoms with E-state index in [4.69, 9.17) is 4.98 Å². The number of anilines is 1. The minimum atomic E-state index is -0.692. The van der Waals surface area contributed by atoms with E-state index in [1.807, 2.05) is 55.8 Å². The molecule has 0 N–H and O–H groups in total. The Morgan fingerprint density at radius 2 is 1.83 bits per heavy atom. The van der Waals surface area contributed by atoms with Gasteiger partial charge in [0.1, 0.15) is 17.8 Å². The highest BCUT2D eigenvalue weighted by Gasteiger charge is 2.20. The summed E-state index contributed by atoms with van der Waals surface area (Å²) in [4.78, 5) is 20.3. The van der Waals surface area contributed by atoms with Crippen molar-refractivity contribution >= 4 is 16.9 Å². The van der Waals surface area contributed by atoms with Crippen LogP contribution in [0.3, 0.4) is 0 Å². The Balaban J connectivity index is 1.56. The van der Waals surface area contributed by atoms with Crippen LogP contribution in [0.15, 0.2) is 55.1 Å². The predicted octanol–water partition coefficient (Wildman–Crippen LogP) is 4.12. The van der Waals surface area contributed by atoms with Gasteiger partial charge < -0.3 is 4.90 Å². The fourth-order valence-corrected chi connectivity index (χ4v) is 3.75. The summed E-state index contributed by atoms with van der Waals surface area (Å²) in [7, 11) is 0. The second-order valence-corrected chi connectivity index (χ2v) is 7.36. The van der Waals surface area contributed by atoms with E-state index in [-0.39, 0.29) is 0 Å². The van der Waals surface area contributed by atoms with Gasteiger partial charge in [-0.1, -0.05) is 0 Å². The lowest BCUT2D eigenvalue weighted by Crippen LogP contribution is -2.34. The SMILES string of the molecule is Cc1ccc(-n2c(-c3ccc(N4CCC(F)CC4)nc3)nc3ccncc32)cn1. The van der Waals surface area contributed by atoms with Gasteiger partial charge in [0.25, 0.3) is 0 Å². The molecule has 1 aliphatic heterocycles. The molecule has 146 valence electrons. The molecule has 0 atom stereocenters. The molecule has 1 saturated heterocycles. The zero-order valence-electron chi connectivity index (χ0n) is 16.2. The summed E-state index contributed by atoms with van der Waals surface area (Å²) in [6.07, 6.45) is 7.67. The average Bonchev–Trinajstić information content (AvgIpc) is 3.15. The molecule has 4 aromatic rings. The molecular weight excluding hydrogens is 367 g/mol. The highest BCUT2D eigenvalue weighted by molar-refractivity contribution is 5.82. The van der Waals surface area contributed by atoms with Crippen LogP contribution in [0.5, 0.6) is 0 Å². The van der Waals surface area contributed by atoms with Crippen LogP contribution in [0.4, 0.5) is 10.2 Å². The van der Waals surface area contributed by atoms with Gasteiger partial charge in [0.05, 0.1) is 29.1 Å². The fraction of sp³-hybridized carbons (Fsp3) is 0.273. The monoisotopic (exact) mass is 388 g/mol. The van der Waals surface area contributed by atoms with Gasteiger partial charge in [-0.15, -0.1) is 0 Å². The van der Waals surface area contributed by atoms with Gasteiger partial charge in [0.2, 0.25) is 0 Å². The lowest BCUT2D eigenvalue weighted by atomic mass is 10.1. The molecule has 0 aromatic carbocycles. The minimum absolute atomic E-state index is 0.562. The summed E-state index contributed by atoms with van der Waals surface area (Å²) in [5.74, 6) is 1.67. The van der Waals surface area contributed by atoms with Crippen molar-refractivity contribution in [2.45, 2.75) is 25.9 Å². The second kappa shape index (κ2) is 7.24. The van der Waals surface area contributed by atoms with Crippen LogP contribution in [0, 0.1) is 6.92 Å². The maximum absolute atomic E-state index is 13.4. The van der Waals surface area contributed by atoms with Crippen molar-refractivity contribution < 1.29 is 4.39 Å². The molecule has 4 aromatic heterocycles. The fourth-order valence-electron chi connectivity index (χ4n) is 3.75. The molecular formula is C22H21FN6. The number of piperidine rings is 1. The molecule has 0 unspecified atom stereocenters. The van der Waals surface area contributed by atoms with Crippen molar-refractivity contribution in [2.24, 2.45) is 0 Å². The molecule has 29 heavy (non-hydrogen) atoms. The lowest BCUT2D eigenvalue weighted by molar-refractivity contribution is 0.276. The molecule has 1 fully saturated rings. The molecule has 5 heterocycles. The number of halogens is 1. The molecule has 6 nitrogen and oxygen atoms in total. The van der Waals surface area contributed by atoms with Gasteiger partial charge in [-0.25, -0.2) is 14.4 Å². The van der Waals surface area contributed by atoms with Crippen molar-refractivity contribution in [1.82, 2.24) is 24.5 Å². The van der Waals surface area contributed by atoms with Crippen LogP contribution in [0.2, 0.25) is 0 Å². The zero-order chi connectivity index (χ0) is 19.8. The van der Waals surface area contributed by atoms with Crippen molar-refractivity contribution in [1.29, 1.82) is 0 Å². The van der Waals surface area contributed by atoms with Gasteiger partial charge in [0, 0.05) is 36.7 Å². The summed E-state index contributed by atoms with van der Waals surface area (Å²) in [5, 5.41) is 0. The molecule has 7 heteroatoms. The Morgan fingerprint density at radius 1 is 0.966 bits per heavy atom. The summed E-state index contributed by atoms with van der Waals surface area (Å²) < 4.78 is 15.5. The minimum Gasteiger partial charge on any atom is -0.356 e. The van der Waals surface area contributed by atoms with Crippen LogP contribution in [0.25, 0.3) is 28.1 Å². The Bertz CT molecular complexity index is 1130. The van der Waals surface area contributed by atoms with Gasteiger partial charge in [0.15, 0.2) is 0 Å². The first-order chi connectivity index (χ1) is 14.2. The van der Waals surface area contributed by atoms with E-state index in [0.717, 1.165) is 39.6 Å². The van der Waals surface area contributed by atoms with Crippen LogP contribution < -0.4 is 4.90 Å². The van der Waals surface area contributed by atoms with Crippen molar-refractivity contribution in [3.63, 3.8) is 0 Å². The summed E-state index contributed by atoms with van der Waals surface area (Å²) >= 11 is 0. The van der Waals surface area contributed by atoms with Crippen LogP contribution in [-0.2, 0) is 0 Å². The third-order valence-corrected chi connectivity index (χ3v) is 5.37.